The molecular formula is C12H14O5. The Hall–Kier alpha value is -1.91. The molecule has 1 aliphatic rings. The number of ketones is 1. The van der Waals surface area contributed by atoms with Gasteiger partial charge in [-0.1, -0.05) is 0 Å². The van der Waals surface area contributed by atoms with Crippen molar-refractivity contribution in [1.29, 1.82) is 0 Å². The van der Waals surface area contributed by atoms with Gasteiger partial charge in [0.25, 0.3) is 0 Å². The van der Waals surface area contributed by atoms with E-state index in [0.29, 0.717) is 41.8 Å². The molecule has 0 spiro atoms. The Morgan fingerprint density at radius 3 is 2.35 bits per heavy atom. The number of benzene rings is 1. The van der Waals surface area contributed by atoms with Crippen molar-refractivity contribution in [2.75, 3.05) is 27.4 Å². The van der Waals surface area contributed by atoms with Crippen LogP contribution in [0, 0.1) is 0 Å². The quantitative estimate of drug-likeness (QED) is 0.750. The lowest BCUT2D eigenvalue weighted by Crippen LogP contribution is -2.17. The van der Waals surface area contributed by atoms with Crippen LogP contribution >= 0.6 is 0 Å². The summed E-state index contributed by atoms with van der Waals surface area (Å²) in [6.45, 7) is 2.34. The highest BCUT2D eigenvalue weighted by Gasteiger charge is 2.26. The lowest BCUT2D eigenvalue weighted by molar-refractivity contribution is 0.101. The average Bonchev–Trinajstić information content (AvgIpc) is 2.36. The van der Waals surface area contributed by atoms with Gasteiger partial charge in [0.1, 0.15) is 13.2 Å². The number of methoxy groups -OCH3 is 2. The van der Waals surface area contributed by atoms with Crippen LogP contribution in [0.1, 0.15) is 17.3 Å². The Bertz CT molecular complexity index is 453. The van der Waals surface area contributed by atoms with Crippen LogP contribution in [0.25, 0.3) is 0 Å². The predicted molar refractivity (Wildman–Crippen MR) is 60.5 cm³/mol. The number of Topliss-reactive ketones (excluding diaryl/α,β-unsaturated/α-hetero) is 1. The lowest BCUT2D eigenvalue weighted by Gasteiger charge is -2.23. The highest BCUT2D eigenvalue weighted by Crippen LogP contribution is 2.48. The third-order valence-corrected chi connectivity index (χ3v) is 2.54. The normalized spacial score (nSPS) is 13.1. The van der Waals surface area contributed by atoms with E-state index < -0.39 is 0 Å². The summed E-state index contributed by atoms with van der Waals surface area (Å²) in [5, 5.41) is 0. The average molecular weight is 238 g/mol. The molecule has 1 aliphatic heterocycles. The fourth-order valence-electron chi connectivity index (χ4n) is 1.77. The van der Waals surface area contributed by atoms with Crippen molar-refractivity contribution < 1.29 is 23.7 Å². The lowest BCUT2D eigenvalue weighted by atomic mass is 10.1. The van der Waals surface area contributed by atoms with Gasteiger partial charge in [-0.15, -0.1) is 0 Å². The minimum atomic E-state index is -0.114. The maximum atomic E-state index is 11.5. The Kier molecular flexibility index (Phi) is 3.08. The van der Waals surface area contributed by atoms with Crippen molar-refractivity contribution in [3.8, 4) is 23.0 Å². The summed E-state index contributed by atoms with van der Waals surface area (Å²) in [6.07, 6.45) is 0. The first-order valence-electron chi connectivity index (χ1n) is 5.24. The summed E-state index contributed by atoms with van der Waals surface area (Å²) in [5.41, 5.74) is 0.425. The molecule has 0 aliphatic carbocycles. The Morgan fingerprint density at radius 2 is 1.82 bits per heavy atom. The van der Waals surface area contributed by atoms with Crippen LogP contribution in [0.4, 0.5) is 0 Å². The summed E-state index contributed by atoms with van der Waals surface area (Å²) >= 11 is 0. The summed E-state index contributed by atoms with van der Waals surface area (Å²) in [4.78, 5) is 11.5. The number of rotatable bonds is 3. The van der Waals surface area contributed by atoms with Crippen LogP contribution in [-0.2, 0) is 0 Å². The predicted octanol–water partition coefficient (Wildman–Crippen LogP) is 1.68. The number of hydrogen-bond acceptors (Lipinski definition) is 5. The summed E-state index contributed by atoms with van der Waals surface area (Å²) in [6, 6.07) is 1.61. The largest absolute Gasteiger partial charge is 0.493 e. The topological polar surface area (TPSA) is 54.0 Å². The van der Waals surface area contributed by atoms with E-state index in [1.165, 1.54) is 21.1 Å². The molecule has 0 aromatic heterocycles. The van der Waals surface area contributed by atoms with Gasteiger partial charge < -0.3 is 18.9 Å². The van der Waals surface area contributed by atoms with Gasteiger partial charge in [0.05, 0.1) is 19.8 Å². The van der Waals surface area contributed by atoms with Gasteiger partial charge in [0.15, 0.2) is 17.3 Å². The molecule has 92 valence electrons. The fourth-order valence-corrected chi connectivity index (χ4v) is 1.77. The van der Waals surface area contributed by atoms with Crippen LogP contribution in [0.3, 0.4) is 0 Å². The van der Waals surface area contributed by atoms with Gasteiger partial charge in [0.2, 0.25) is 11.5 Å². The first kappa shape index (κ1) is 11.6. The van der Waals surface area contributed by atoms with Crippen molar-refractivity contribution >= 4 is 5.78 Å². The third-order valence-electron chi connectivity index (χ3n) is 2.54. The second kappa shape index (κ2) is 4.53. The molecule has 0 unspecified atom stereocenters. The van der Waals surface area contributed by atoms with E-state index >= 15 is 0 Å². The fraction of sp³-hybridized carbons (Fsp3) is 0.417. The zero-order chi connectivity index (χ0) is 12.4. The van der Waals surface area contributed by atoms with E-state index in [4.69, 9.17) is 18.9 Å². The maximum Gasteiger partial charge on any atom is 0.208 e. The first-order chi connectivity index (χ1) is 8.19. The molecular weight excluding hydrogens is 224 g/mol. The molecule has 0 fully saturated rings. The second-order valence-corrected chi connectivity index (χ2v) is 3.57. The summed E-state index contributed by atoms with van der Waals surface area (Å²) in [5.74, 6) is 1.68. The van der Waals surface area contributed by atoms with E-state index in [1.54, 1.807) is 6.07 Å². The van der Waals surface area contributed by atoms with Gasteiger partial charge in [-0.05, 0) is 13.0 Å². The molecule has 0 saturated heterocycles. The van der Waals surface area contributed by atoms with Crippen LogP contribution in [-0.4, -0.2) is 33.2 Å². The summed E-state index contributed by atoms with van der Waals surface area (Å²) < 4.78 is 21.4. The van der Waals surface area contributed by atoms with E-state index in [0.717, 1.165) is 0 Å². The van der Waals surface area contributed by atoms with Gasteiger partial charge >= 0.3 is 0 Å². The molecule has 1 aromatic rings. The second-order valence-electron chi connectivity index (χ2n) is 3.57. The van der Waals surface area contributed by atoms with Crippen molar-refractivity contribution in [3.05, 3.63) is 11.6 Å². The van der Waals surface area contributed by atoms with Crippen molar-refractivity contribution in [3.63, 3.8) is 0 Å². The maximum absolute atomic E-state index is 11.5. The monoisotopic (exact) mass is 238 g/mol. The molecule has 0 atom stereocenters. The van der Waals surface area contributed by atoms with Crippen molar-refractivity contribution in [2.24, 2.45) is 0 Å². The molecule has 0 saturated carbocycles. The smallest absolute Gasteiger partial charge is 0.208 e. The van der Waals surface area contributed by atoms with Crippen LogP contribution < -0.4 is 18.9 Å². The molecule has 5 nitrogen and oxygen atoms in total. The molecule has 5 heteroatoms. The number of fused-ring (bicyclic) bond motifs is 1. The molecule has 0 bridgehead atoms. The van der Waals surface area contributed by atoms with Gasteiger partial charge in [0, 0.05) is 0 Å². The SMILES string of the molecule is COc1cc(C(C)=O)c(OC)c2c1OCCO2. The third kappa shape index (κ3) is 1.88. The van der Waals surface area contributed by atoms with E-state index in [2.05, 4.69) is 0 Å². The molecule has 1 aromatic carbocycles. The summed E-state index contributed by atoms with van der Waals surface area (Å²) in [7, 11) is 3.01. The molecule has 17 heavy (non-hydrogen) atoms. The molecule has 0 radical (unpaired) electrons. The molecule has 2 rings (SSSR count). The Morgan fingerprint density at radius 1 is 1.18 bits per heavy atom. The van der Waals surface area contributed by atoms with Crippen LogP contribution in [0.2, 0.25) is 0 Å². The molecule has 0 amide bonds. The van der Waals surface area contributed by atoms with Crippen LogP contribution in [0.15, 0.2) is 6.07 Å². The standard InChI is InChI=1S/C12H14O5/c1-7(13)8-6-9(14-2)11-12(10(8)15-3)17-5-4-16-11/h6H,4-5H2,1-3H3. The Labute approximate surface area is 99.2 Å². The van der Waals surface area contributed by atoms with E-state index in [9.17, 15) is 4.79 Å². The van der Waals surface area contributed by atoms with Crippen molar-refractivity contribution in [1.82, 2.24) is 0 Å². The molecule has 1 heterocycles. The zero-order valence-corrected chi connectivity index (χ0v) is 10.0. The van der Waals surface area contributed by atoms with Gasteiger partial charge in [-0.3, -0.25) is 4.79 Å². The van der Waals surface area contributed by atoms with E-state index in [1.807, 2.05) is 0 Å². The van der Waals surface area contributed by atoms with Gasteiger partial charge in [-0.2, -0.15) is 0 Å². The molecule has 0 N–H and O–H groups in total. The van der Waals surface area contributed by atoms with E-state index in [-0.39, 0.29) is 5.78 Å². The minimum absolute atomic E-state index is 0.114. The number of carbonyl (C=O) groups excluding carboxylic acids is 1. The number of hydrogen-bond donors (Lipinski definition) is 0. The van der Waals surface area contributed by atoms with Crippen molar-refractivity contribution in [2.45, 2.75) is 6.92 Å². The van der Waals surface area contributed by atoms with Gasteiger partial charge in [-0.25, -0.2) is 0 Å². The minimum Gasteiger partial charge on any atom is -0.493 e. The highest BCUT2D eigenvalue weighted by molar-refractivity contribution is 5.99. The first-order valence-corrected chi connectivity index (χ1v) is 5.24. The Balaban J connectivity index is 2.67. The number of carbonyl (C=O) groups is 1. The number of ether oxygens (including phenoxy) is 4. The highest BCUT2D eigenvalue weighted by atomic mass is 16.6. The zero-order valence-electron chi connectivity index (χ0n) is 10.0. The van der Waals surface area contributed by atoms with Crippen LogP contribution in [0.5, 0.6) is 23.0 Å².